The van der Waals surface area contributed by atoms with E-state index in [4.69, 9.17) is 10.00 Å². The SMILES string of the molecule is COCCN(CCC#N)c1cc([C@@H](C)O)ccn1. The molecule has 0 aliphatic heterocycles. The molecular weight excluding hydrogens is 230 g/mol. The van der Waals surface area contributed by atoms with Crippen LogP contribution in [0.3, 0.4) is 0 Å². The molecule has 0 aliphatic rings. The van der Waals surface area contributed by atoms with Crippen molar-refractivity contribution in [3.63, 3.8) is 0 Å². The summed E-state index contributed by atoms with van der Waals surface area (Å²) in [6, 6.07) is 5.75. The number of hydrogen-bond acceptors (Lipinski definition) is 5. The molecule has 98 valence electrons. The minimum atomic E-state index is -0.521. The van der Waals surface area contributed by atoms with Crippen molar-refractivity contribution in [3.05, 3.63) is 23.9 Å². The van der Waals surface area contributed by atoms with Gasteiger partial charge in [0.15, 0.2) is 0 Å². The van der Waals surface area contributed by atoms with Gasteiger partial charge in [-0.05, 0) is 24.6 Å². The summed E-state index contributed by atoms with van der Waals surface area (Å²) in [6.07, 6.45) is 1.58. The first-order valence-electron chi connectivity index (χ1n) is 5.94. The maximum atomic E-state index is 9.56. The molecule has 1 aromatic heterocycles. The highest BCUT2D eigenvalue weighted by Crippen LogP contribution is 2.18. The number of nitrogens with zero attached hydrogens (tertiary/aromatic N) is 3. The molecule has 1 atom stereocenters. The van der Waals surface area contributed by atoms with Gasteiger partial charge in [-0.2, -0.15) is 5.26 Å². The Labute approximate surface area is 108 Å². The lowest BCUT2D eigenvalue weighted by molar-refractivity contribution is 0.199. The quantitative estimate of drug-likeness (QED) is 0.793. The topological polar surface area (TPSA) is 69.4 Å². The second-order valence-corrected chi connectivity index (χ2v) is 4.01. The molecule has 0 aromatic carbocycles. The minimum Gasteiger partial charge on any atom is -0.389 e. The average Bonchev–Trinajstić information content (AvgIpc) is 2.39. The Hall–Kier alpha value is -1.64. The van der Waals surface area contributed by atoms with E-state index >= 15 is 0 Å². The van der Waals surface area contributed by atoms with E-state index in [1.54, 1.807) is 26.3 Å². The summed E-state index contributed by atoms with van der Waals surface area (Å²) >= 11 is 0. The fraction of sp³-hybridized carbons (Fsp3) is 0.538. The van der Waals surface area contributed by atoms with Gasteiger partial charge < -0.3 is 14.7 Å². The first-order valence-corrected chi connectivity index (χ1v) is 5.94. The van der Waals surface area contributed by atoms with Crippen LogP contribution in [0, 0.1) is 11.3 Å². The minimum absolute atomic E-state index is 0.435. The van der Waals surface area contributed by atoms with Gasteiger partial charge in [-0.25, -0.2) is 4.98 Å². The van der Waals surface area contributed by atoms with Crippen LogP contribution in [0.1, 0.15) is 25.0 Å². The van der Waals surface area contributed by atoms with Gasteiger partial charge in [-0.1, -0.05) is 0 Å². The van der Waals surface area contributed by atoms with Crippen LogP contribution in [0.5, 0.6) is 0 Å². The molecule has 5 nitrogen and oxygen atoms in total. The molecule has 0 saturated heterocycles. The average molecular weight is 249 g/mol. The highest BCUT2D eigenvalue weighted by molar-refractivity contribution is 5.41. The van der Waals surface area contributed by atoms with E-state index < -0.39 is 6.10 Å². The lowest BCUT2D eigenvalue weighted by Crippen LogP contribution is -2.29. The lowest BCUT2D eigenvalue weighted by Gasteiger charge is -2.23. The van der Waals surface area contributed by atoms with E-state index in [9.17, 15) is 5.11 Å². The van der Waals surface area contributed by atoms with Crippen molar-refractivity contribution < 1.29 is 9.84 Å². The molecule has 0 radical (unpaired) electrons. The number of ether oxygens (including phenoxy) is 1. The predicted octanol–water partition coefficient (Wildman–Crippen LogP) is 1.50. The third-order valence-electron chi connectivity index (χ3n) is 2.63. The molecule has 1 N–H and O–H groups in total. The van der Waals surface area contributed by atoms with Crippen LogP contribution in [-0.4, -0.2) is 36.9 Å². The van der Waals surface area contributed by atoms with Crippen molar-refractivity contribution in [2.45, 2.75) is 19.4 Å². The van der Waals surface area contributed by atoms with Gasteiger partial charge in [0.05, 0.1) is 25.2 Å². The summed E-state index contributed by atoms with van der Waals surface area (Å²) < 4.78 is 5.05. The van der Waals surface area contributed by atoms with Crippen LogP contribution in [0.25, 0.3) is 0 Å². The Morgan fingerprint density at radius 3 is 2.94 bits per heavy atom. The number of nitriles is 1. The maximum absolute atomic E-state index is 9.56. The second-order valence-electron chi connectivity index (χ2n) is 4.01. The largest absolute Gasteiger partial charge is 0.389 e. The zero-order valence-electron chi connectivity index (χ0n) is 10.8. The molecule has 1 rings (SSSR count). The molecule has 0 unspecified atom stereocenters. The molecule has 0 spiro atoms. The van der Waals surface area contributed by atoms with Crippen molar-refractivity contribution in [2.24, 2.45) is 0 Å². The summed E-state index contributed by atoms with van der Waals surface area (Å²) in [6.45, 7) is 3.57. The summed E-state index contributed by atoms with van der Waals surface area (Å²) in [5.41, 5.74) is 0.819. The molecule has 1 heterocycles. The Morgan fingerprint density at radius 2 is 2.33 bits per heavy atom. The number of anilines is 1. The van der Waals surface area contributed by atoms with Gasteiger partial charge in [-0.3, -0.25) is 0 Å². The Kier molecular flexibility index (Phi) is 6.12. The third kappa shape index (κ3) is 4.32. The third-order valence-corrected chi connectivity index (χ3v) is 2.63. The highest BCUT2D eigenvalue weighted by atomic mass is 16.5. The summed E-state index contributed by atoms with van der Waals surface area (Å²) in [4.78, 5) is 6.26. The second kappa shape index (κ2) is 7.64. The van der Waals surface area contributed by atoms with Crippen LogP contribution in [0.2, 0.25) is 0 Å². The molecule has 0 bridgehead atoms. The molecule has 18 heavy (non-hydrogen) atoms. The van der Waals surface area contributed by atoms with E-state index in [2.05, 4.69) is 11.1 Å². The van der Waals surface area contributed by atoms with Crippen molar-refractivity contribution >= 4 is 5.82 Å². The van der Waals surface area contributed by atoms with Crippen LogP contribution in [0.4, 0.5) is 5.82 Å². The lowest BCUT2D eigenvalue weighted by atomic mass is 10.1. The molecule has 1 aromatic rings. The maximum Gasteiger partial charge on any atom is 0.128 e. The molecule has 0 amide bonds. The van der Waals surface area contributed by atoms with Crippen molar-refractivity contribution in [3.8, 4) is 6.07 Å². The standard InChI is InChI=1S/C13H19N3O2/c1-11(17)12-4-6-15-13(10-12)16(7-3-5-14)8-9-18-2/h4,6,10-11,17H,3,7-9H2,1-2H3/t11-/m1/s1. The van der Waals surface area contributed by atoms with Gasteiger partial charge in [0.1, 0.15) is 5.82 Å². The molecular formula is C13H19N3O2. The zero-order chi connectivity index (χ0) is 13.4. The number of aromatic nitrogens is 1. The zero-order valence-corrected chi connectivity index (χ0v) is 10.8. The van der Waals surface area contributed by atoms with Crippen molar-refractivity contribution in [2.75, 3.05) is 31.7 Å². The summed E-state index contributed by atoms with van der Waals surface area (Å²) in [5, 5.41) is 18.2. The summed E-state index contributed by atoms with van der Waals surface area (Å²) in [7, 11) is 1.64. The van der Waals surface area contributed by atoms with E-state index in [-0.39, 0.29) is 0 Å². The number of aliphatic hydroxyl groups is 1. The Balaban J connectivity index is 2.82. The normalized spacial score (nSPS) is 11.9. The number of rotatable bonds is 7. The molecule has 0 fully saturated rings. The van der Waals surface area contributed by atoms with Crippen LogP contribution < -0.4 is 4.90 Å². The van der Waals surface area contributed by atoms with E-state index in [0.29, 0.717) is 26.1 Å². The number of pyridine rings is 1. The van der Waals surface area contributed by atoms with Gasteiger partial charge in [-0.15, -0.1) is 0 Å². The fourth-order valence-corrected chi connectivity index (χ4v) is 1.59. The first kappa shape index (κ1) is 14.4. The molecule has 0 aliphatic carbocycles. The van der Waals surface area contributed by atoms with Gasteiger partial charge in [0.25, 0.3) is 0 Å². The predicted molar refractivity (Wildman–Crippen MR) is 69.2 cm³/mol. The van der Waals surface area contributed by atoms with Crippen LogP contribution >= 0.6 is 0 Å². The summed E-state index contributed by atoms with van der Waals surface area (Å²) in [5.74, 6) is 0.765. The first-order chi connectivity index (χ1) is 8.69. The molecule has 0 saturated carbocycles. The Bertz CT molecular complexity index is 401. The number of aliphatic hydroxyl groups excluding tert-OH is 1. The number of hydrogen-bond donors (Lipinski definition) is 1. The van der Waals surface area contributed by atoms with Crippen LogP contribution in [-0.2, 0) is 4.74 Å². The fourth-order valence-electron chi connectivity index (χ4n) is 1.59. The molecule has 5 heteroatoms. The van der Waals surface area contributed by atoms with E-state index in [1.807, 2.05) is 11.0 Å². The van der Waals surface area contributed by atoms with Crippen molar-refractivity contribution in [1.29, 1.82) is 5.26 Å². The van der Waals surface area contributed by atoms with Gasteiger partial charge >= 0.3 is 0 Å². The Morgan fingerprint density at radius 1 is 1.56 bits per heavy atom. The van der Waals surface area contributed by atoms with Crippen molar-refractivity contribution in [1.82, 2.24) is 4.98 Å². The number of methoxy groups -OCH3 is 1. The van der Waals surface area contributed by atoms with Gasteiger partial charge in [0, 0.05) is 26.4 Å². The van der Waals surface area contributed by atoms with Gasteiger partial charge in [0.2, 0.25) is 0 Å². The van der Waals surface area contributed by atoms with Crippen LogP contribution in [0.15, 0.2) is 18.3 Å². The smallest absolute Gasteiger partial charge is 0.128 e. The van der Waals surface area contributed by atoms with E-state index in [0.717, 1.165) is 11.4 Å². The highest BCUT2D eigenvalue weighted by Gasteiger charge is 2.09. The van der Waals surface area contributed by atoms with E-state index in [1.165, 1.54) is 0 Å². The monoisotopic (exact) mass is 249 g/mol.